The Balaban J connectivity index is 2.19. The summed E-state index contributed by atoms with van der Waals surface area (Å²) in [6.45, 7) is 2.10. The molecule has 0 fully saturated rings. The van der Waals surface area contributed by atoms with Crippen molar-refractivity contribution in [1.82, 2.24) is 0 Å². The molecule has 5 heavy (non-hydrogen) atoms. The first-order valence-electron chi connectivity index (χ1n) is 1.95. The quantitative estimate of drug-likeness (QED) is 0.381. The van der Waals surface area contributed by atoms with Crippen LogP contribution in [0.3, 0.4) is 0 Å². The standard InChI is InChI=1S/C2H6B3/c1-2-4-5-3/h4H,2H2,1H3. The summed E-state index contributed by atoms with van der Waals surface area (Å²) >= 11 is 0. The second-order valence-corrected chi connectivity index (χ2v) is 1.02. The first kappa shape index (κ1) is 5.19. The van der Waals surface area contributed by atoms with Crippen molar-refractivity contribution in [3.8, 4) is 0 Å². The van der Waals surface area contributed by atoms with Crippen molar-refractivity contribution in [2.75, 3.05) is 0 Å². The van der Waals surface area contributed by atoms with Gasteiger partial charge in [0.15, 0.2) is 0 Å². The number of hydrogen-bond donors (Lipinski definition) is 0. The van der Waals surface area contributed by atoms with Crippen molar-refractivity contribution in [2.45, 2.75) is 13.2 Å². The molecule has 3 heteroatoms. The van der Waals surface area contributed by atoms with E-state index in [1.165, 1.54) is 0 Å². The minimum absolute atomic E-state index is 1.04. The zero-order valence-corrected chi connectivity index (χ0v) is 3.57. The molecule has 0 bridgehead atoms. The average Bonchev–Trinajstić information content (AvgIpc) is 1.41. The Labute approximate surface area is 36.2 Å². The Morgan fingerprint density at radius 1 is 2.00 bits per heavy atom. The molecular formula is C2H6B3. The predicted molar refractivity (Wildman–Crippen MR) is 29.1 cm³/mol. The van der Waals surface area contributed by atoms with Crippen molar-refractivity contribution in [1.29, 1.82) is 0 Å². The van der Waals surface area contributed by atoms with Crippen molar-refractivity contribution in [2.24, 2.45) is 0 Å². The Kier molecular flexibility index (Phi) is 4.36. The summed E-state index contributed by atoms with van der Waals surface area (Å²) in [7, 11) is 7.74. The van der Waals surface area contributed by atoms with E-state index in [4.69, 9.17) is 7.74 Å². The molecule has 0 spiro atoms. The molecule has 0 aromatic heterocycles. The van der Waals surface area contributed by atoms with Crippen LogP contribution in [0.4, 0.5) is 0 Å². The molecule has 0 saturated carbocycles. The molecule has 3 radical (unpaired) electrons. The van der Waals surface area contributed by atoms with Gasteiger partial charge in [0, 0.05) is 14.8 Å². The minimum atomic E-state index is 1.04. The second kappa shape index (κ2) is 4.19. The first-order valence-corrected chi connectivity index (χ1v) is 1.95. The Morgan fingerprint density at radius 2 is 2.60 bits per heavy atom. The van der Waals surface area contributed by atoms with E-state index in [0.717, 1.165) is 13.5 Å². The Morgan fingerprint density at radius 3 is 2.60 bits per heavy atom. The maximum atomic E-state index is 5.01. The van der Waals surface area contributed by atoms with Gasteiger partial charge in [-0.25, -0.2) is 0 Å². The smallest absolute Gasteiger partial charge is 0.0720 e. The van der Waals surface area contributed by atoms with E-state index < -0.39 is 0 Å². The highest BCUT2D eigenvalue weighted by atomic mass is 13.3. The zero-order valence-electron chi connectivity index (χ0n) is 3.57. The first-order chi connectivity index (χ1) is 2.41. The molecule has 23 valence electrons. The summed E-state index contributed by atoms with van der Waals surface area (Å²) in [6, 6.07) is 0. The highest BCUT2D eigenvalue weighted by Crippen LogP contribution is 1.63. The van der Waals surface area contributed by atoms with Gasteiger partial charge in [0.1, 0.15) is 0 Å². The van der Waals surface area contributed by atoms with Gasteiger partial charge in [-0.3, -0.25) is 0 Å². The lowest BCUT2D eigenvalue weighted by atomic mass is 9.27. The molecule has 0 aliphatic heterocycles. The van der Waals surface area contributed by atoms with E-state index in [1.54, 1.807) is 7.06 Å². The van der Waals surface area contributed by atoms with Gasteiger partial charge in [0.05, 0.1) is 7.17 Å². The van der Waals surface area contributed by atoms with Gasteiger partial charge in [-0.2, -0.15) is 0 Å². The largest absolute Gasteiger partial charge is 0.0885 e. The molecule has 0 N–H and O–H groups in total. The van der Waals surface area contributed by atoms with E-state index in [1.807, 2.05) is 0 Å². The zero-order chi connectivity index (χ0) is 4.12. The van der Waals surface area contributed by atoms with Gasteiger partial charge in [-0.15, -0.1) is 0 Å². The maximum Gasteiger partial charge on any atom is 0.0720 e. The molecule has 0 atom stereocenters. The van der Waals surface area contributed by atoms with Crippen LogP contribution in [0, 0.1) is 0 Å². The molecule has 0 aliphatic carbocycles. The van der Waals surface area contributed by atoms with Gasteiger partial charge in [0.25, 0.3) is 0 Å². The molecule has 0 unspecified atom stereocenters. The van der Waals surface area contributed by atoms with Crippen LogP contribution in [0.15, 0.2) is 0 Å². The van der Waals surface area contributed by atoms with Crippen LogP contribution < -0.4 is 0 Å². The Bertz CT molecular complexity index is 12.4. The van der Waals surface area contributed by atoms with Crippen molar-refractivity contribution in [3.63, 3.8) is 0 Å². The van der Waals surface area contributed by atoms with Gasteiger partial charge in [0.2, 0.25) is 0 Å². The predicted octanol–water partition coefficient (Wildman–Crippen LogP) is -0.436. The summed E-state index contributed by atoms with van der Waals surface area (Å²) < 4.78 is 0. The van der Waals surface area contributed by atoms with Crippen molar-refractivity contribution < 1.29 is 0 Å². The number of rotatable bonds is 2. The fourth-order valence-corrected chi connectivity index (χ4v) is 0.167. The van der Waals surface area contributed by atoms with E-state index in [9.17, 15) is 0 Å². The number of hydrogen-bond acceptors (Lipinski definition) is 0. The highest BCUT2D eigenvalue weighted by molar-refractivity contribution is 7.23. The molecule has 0 rings (SSSR count). The van der Waals surface area contributed by atoms with E-state index in [2.05, 4.69) is 6.92 Å². The van der Waals surface area contributed by atoms with E-state index in [-0.39, 0.29) is 0 Å². The molecular weight excluding hydrogens is 56.5 g/mol. The summed E-state index contributed by atoms with van der Waals surface area (Å²) in [6.07, 6.45) is 1.16. The molecule has 0 heterocycles. The highest BCUT2D eigenvalue weighted by Gasteiger charge is 1.74. The summed E-state index contributed by atoms with van der Waals surface area (Å²) in [4.78, 5) is 0. The molecule has 0 amide bonds. The average molecular weight is 62.5 g/mol. The maximum absolute atomic E-state index is 5.01. The lowest BCUT2D eigenvalue weighted by Gasteiger charge is -1.73. The third-order valence-electron chi connectivity index (χ3n) is 0.455. The normalized spacial score (nSPS) is 6.60. The summed E-state index contributed by atoms with van der Waals surface area (Å²) in [5, 5.41) is 0. The lowest BCUT2D eigenvalue weighted by molar-refractivity contribution is 1.47. The van der Waals surface area contributed by atoms with Gasteiger partial charge >= 0.3 is 0 Å². The van der Waals surface area contributed by atoms with Crippen LogP contribution in [0.25, 0.3) is 0 Å². The van der Waals surface area contributed by atoms with Crippen LogP contribution in [0.1, 0.15) is 6.92 Å². The topological polar surface area (TPSA) is 0 Å². The fourth-order valence-electron chi connectivity index (χ4n) is 0.167. The Hall–Kier alpha value is 0.195. The fraction of sp³-hybridized carbons (Fsp3) is 1.00. The summed E-state index contributed by atoms with van der Waals surface area (Å²) in [5.74, 6) is 0. The van der Waals surface area contributed by atoms with Crippen LogP contribution in [-0.4, -0.2) is 22.0 Å². The SMILES string of the molecule is [B][B]BCC. The van der Waals surface area contributed by atoms with Gasteiger partial charge in [-0.05, 0) is 0 Å². The van der Waals surface area contributed by atoms with Crippen molar-refractivity contribution >= 4 is 22.0 Å². The molecule has 0 aromatic carbocycles. The lowest BCUT2D eigenvalue weighted by Crippen LogP contribution is -1.98. The van der Waals surface area contributed by atoms with Crippen LogP contribution >= 0.6 is 0 Å². The van der Waals surface area contributed by atoms with Crippen LogP contribution in [-0.2, 0) is 0 Å². The molecule has 0 aliphatic rings. The van der Waals surface area contributed by atoms with E-state index >= 15 is 0 Å². The summed E-state index contributed by atoms with van der Waals surface area (Å²) in [5.41, 5.74) is 0. The van der Waals surface area contributed by atoms with Gasteiger partial charge in [-0.1, -0.05) is 13.2 Å². The van der Waals surface area contributed by atoms with Crippen molar-refractivity contribution in [3.05, 3.63) is 0 Å². The molecule has 0 aromatic rings. The monoisotopic (exact) mass is 63.1 g/mol. The van der Waals surface area contributed by atoms with Gasteiger partial charge < -0.3 is 0 Å². The third-order valence-corrected chi connectivity index (χ3v) is 0.455. The molecule has 0 nitrogen and oxygen atoms in total. The third kappa shape index (κ3) is 4.19. The molecule has 0 saturated heterocycles. The van der Waals surface area contributed by atoms with Crippen LogP contribution in [0.2, 0.25) is 6.32 Å². The second-order valence-electron chi connectivity index (χ2n) is 1.02. The van der Waals surface area contributed by atoms with E-state index in [0.29, 0.717) is 0 Å². The minimum Gasteiger partial charge on any atom is -0.0885 e. The van der Waals surface area contributed by atoms with Crippen LogP contribution in [0.5, 0.6) is 0 Å².